The Bertz CT molecular complexity index is 420. The van der Waals surface area contributed by atoms with E-state index in [1.807, 2.05) is 12.4 Å². The molecule has 3 heteroatoms. The minimum atomic E-state index is 0.364. The van der Waals surface area contributed by atoms with E-state index < -0.39 is 0 Å². The molecule has 16 heavy (non-hydrogen) atoms. The van der Waals surface area contributed by atoms with Crippen molar-refractivity contribution < 1.29 is 0 Å². The Morgan fingerprint density at radius 3 is 2.62 bits per heavy atom. The van der Waals surface area contributed by atoms with Gasteiger partial charge in [0.1, 0.15) is 0 Å². The number of benzene rings is 1. The van der Waals surface area contributed by atoms with Crippen LogP contribution in [0.15, 0.2) is 47.2 Å². The van der Waals surface area contributed by atoms with Gasteiger partial charge in [-0.3, -0.25) is 0 Å². The number of aromatic amines is 1. The van der Waals surface area contributed by atoms with Crippen molar-refractivity contribution in [1.29, 1.82) is 0 Å². The predicted octanol–water partition coefficient (Wildman–Crippen LogP) is 3.63. The largest absolute Gasteiger partial charge is 0.367 e. The van der Waals surface area contributed by atoms with E-state index >= 15 is 0 Å². The highest BCUT2D eigenvalue weighted by atomic mass is 79.9. The molecule has 0 aliphatic rings. The molecule has 2 rings (SSSR count). The van der Waals surface area contributed by atoms with Gasteiger partial charge in [-0.05, 0) is 36.2 Å². The molecule has 0 saturated carbocycles. The molecule has 2 aromatic rings. The predicted molar refractivity (Wildman–Crippen MR) is 70.2 cm³/mol. The van der Waals surface area contributed by atoms with Crippen LogP contribution in [0.5, 0.6) is 0 Å². The first kappa shape index (κ1) is 11.4. The minimum Gasteiger partial charge on any atom is -0.367 e. The molecule has 1 aromatic carbocycles. The third-order valence-electron chi connectivity index (χ3n) is 2.64. The molecule has 0 radical (unpaired) electrons. The van der Waals surface area contributed by atoms with Crippen molar-refractivity contribution in [3.63, 3.8) is 0 Å². The molecular formula is C13H15BrN2. The van der Waals surface area contributed by atoms with E-state index in [1.165, 1.54) is 11.1 Å². The van der Waals surface area contributed by atoms with Gasteiger partial charge < -0.3 is 10.3 Å². The van der Waals surface area contributed by atoms with E-state index in [1.54, 1.807) is 0 Å². The number of nitrogens with one attached hydrogen (secondary N) is 2. The molecule has 1 aromatic heterocycles. The van der Waals surface area contributed by atoms with Gasteiger partial charge in [0.2, 0.25) is 0 Å². The van der Waals surface area contributed by atoms with Gasteiger partial charge in [-0.1, -0.05) is 28.1 Å². The molecule has 2 nitrogen and oxygen atoms in total. The summed E-state index contributed by atoms with van der Waals surface area (Å²) in [4.78, 5) is 3.05. The van der Waals surface area contributed by atoms with Crippen LogP contribution in [-0.2, 0) is 6.54 Å². The molecule has 0 saturated heterocycles. The van der Waals surface area contributed by atoms with Crippen molar-refractivity contribution in [2.75, 3.05) is 0 Å². The van der Waals surface area contributed by atoms with Crippen LogP contribution in [-0.4, -0.2) is 4.98 Å². The Labute approximate surface area is 104 Å². The van der Waals surface area contributed by atoms with E-state index in [-0.39, 0.29) is 0 Å². The third kappa shape index (κ3) is 2.97. The van der Waals surface area contributed by atoms with E-state index in [9.17, 15) is 0 Å². The lowest BCUT2D eigenvalue weighted by molar-refractivity contribution is 0.575. The molecule has 84 valence electrons. The summed E-state index contributed by atoms with van der Waals surface area (Å²) in [6, 6.07) is 10.9. The van der Waals surface area contributed by atoms with Crippen molar-refractivity contribution in [2.24, 2.45) is 0 Å². The second-order valence-corrected chi connectivity index (χ2v) is 4.79. The normalized spacial score (nSPS) is 12.6. The number of hydrogen-bond acceptors (Lipinski definition) is 1. The van der Waals surface area contributed by atoms with E-state index in [2.05, 4.69) is 63.5 Å². The van der Waals surface area contributed by atoms with Crippen LogP contribution in [0.2, 0.25) is 0 Å². The van der Waals surface area contributed by atoms with Crippen molar-refractivity contribution in [1.82, 2.24) is 10.3 Å². The average molecular weight is 279 g/mol. The van der Waals surface area contributed by atoms with Gasteiger partial charge >= 0.3 is 0 Å². The number of halogens is 1. The third-order valence-corrected chi connectivity index (χ3v) is 3.17. The molecule has 1 heterocycles. The fourth-order valence-electron chi connectivity index (χ4n) is 1.61. The summed E-state index contributed by atoms with van der Waals surface area (Å²) in [5.74, 6) is 0. The van der Waals surface area contributed by atoms with Crippen LogP contribution in [0, 0.1) is 0 Å². The molecular weight excluding hydrogens is 264 g/mol. The summed E-state index contributed by atoms with van der Waals surface area (Å²) in [6.45, 7) is 3.07. The quantitative estimate of drug-likeness (QED) is 0.878. The highest BCUT2D eigenvalue weighted by Crippen LogP contribution is 2.16. The zero-order chi connectivity index (χ0) is 11.4. The van der Waals surface area contributed by atoms with Gasteiger partial charge in [0.25, 0.3) is 0 Å². The molecule has 0 bridgehead atoms. The molecule has 0 aliphatic carbocycles. The molecule has 1 atom stereocenters. The maximum absolute atomic E-state index is 3.49. The van der Waals surface area contributed by atoms with E-state index in [0.717, 1.165) is 11.0 Å². The maximum Gasteiger partial charge on any atom is 0.0294 e. The van der Waals surface area contributed by atoms with Crippen molar-refractivity contribution in [3.8, 4) is 0 Å². The molecule has 0 fully saturated rings. The Hall–Kier alpha value is -1.06. The van der Waals surface area contributed by atoms with Gasteiger partial charge in [0.05, 0.1) is 0 Å². The summed E-state index contributed by atoms with van der Waals surface area (Å²) in [7, 11) is 0. The molecule has 0 spiro atoms. The fourth-order valence-corrected chi connectivity index (χ4v) is 1.87. The monoisotopic (exact) mass is 278 g/mol. The smallest absolute Gasteiger partial charge is 0.0294 e. The maximum atomic E-state index is 3.49. The Morgan fingerprint density at radius 1 is 1.25 bits per heavy atom. The standard InChI is InChI=1S/C13H15BrN2/c1-10(12-2-4-13(14)5-3-12)16-9-11-6-7-15-8-11/h2-8,10,15-16H,9H2,1H3/t10-/m1/s1. The second kappa shape index (κ2) is 5.32. The van der Waals surface area contributed by atoms with Crippen LogP contribution in [0.3, 0.4) is 0 Å². The van der Waals surface area contributed by atoms with Gasteiger partial charge in [-0.15, -0.1) is 0 Å². The van der Waals surface area contributed by atoms with Gasteiger partial charge in [0.15, 0.2) is 0 Å². The molecule has 0 aliphatic heterocycles. The minimum absolute atomic E-state index is 0.364. The summed E-state index contributed by atoms with van der Waals surface area (Å²) in [5, 5.41) is 3.49. The SMILES string of the molecule is C[C@@H](NCc1cc[nH]c1)c1ccc(Br)cc1. The zero-order valence-electron chi connectivity index (χ0n) is 9.20. The summed E-state index contributed by atoms with van der Waals surface area (Å²) < 4.78 is 1.12. The Morgan fingerprint density at radius 2 is 2.00 bits per heavy atom. The second-order valence-electron chi connectivity index (χ2n) is 3.87. The van der Waals surface area contributed by atoms with Crippen molar-refractivity contribution >= 4 is 15.9 Å². The van der Waals surface area contributed by atoms with Crippen molar-refractivity contribution in [3.05, 3.63) is 58.3 Å². The van der Waals surface area contributed by atoms with E-state index in [0.29, 0.717) is 6.04 Å². The van der Waals surface area contributed by atoms with Crippen LogP contribution >= 0.6 is 15.9 Å². The molecule has 2 N–H and O–H groups in total. The lowest BCUT2D eigenvalue weighted by Crippen LogP contribution is -2.17. The van der Waals surface area contributed by atoms with Crippen LogP contribution in [0.4, 0.5) is 0 Å². The number of hydrogen-bond donors (Lipinski definition) is 2. The summed E-state index contributed by atoms with van der Waals surface area (Å²) in [5.41, 5.74) is 2.59. The number of aromatic nitrogens is 1. The van der Waals surface area contributed by atoms with Crippen LogP contribution < -0.4 is 5.32 Å². The first-order valence-electron chi connectivity index (χ1n) is 5.36. The van der Waals surface area contributed by atoms with Gasteiger partial charge in [0, 0.05) is 29.5 Å². The van der Waals surface area contributed by atoms with Crippen LogP contribution in [0.25, 0.3) is 0 Å². The average Bonchev–Trinajstić information content (AvgIpc) is 2.80. The highest BCUT2D eigenvalue weighted by Gasteiger charge is 2.04. The first-order chi connectivity index (χ1) is 7.75. The Kier molecular flexibility index (Phi) is 3.80. The van der Waals surface area contributed by atoms with E-state index in [4.69, 9.17) is 0 Å². The lowest BCUT2D eigenvalue weighted by Gasteiger charge is -2.13. The summed E-state index contributed by atoms with van der Waals surface area (Å²) >= 11 is 3.44. The van der Waals surface area contributed by atoms with Crippen molar-refractivity contribution in [2.45, 2.75) is 19.5 Å². The number of H-pyrrole nitrogens is 1. The molecule has 0 unspecified atom stereocenters. The van der Waals surface area contributed by atoms with Gasteiger partial charge in [-0.25, -0.2) is 0 Å². The lowest BCUT2D eigenvalue weighted by atomic mass is 10.1. The number of rotatable bonds is 4. The fraction of sp³-hybridized carbons (Fsp3) is 0.231. The van der Waals surface area contributed by atoms with Crippen LogP contribution in [0.1, 0.15) is 24.1 Å². The zero-order valence-corrected chi connectivity index (χ0v) is 10.8. The highest BCUT2D eigenvalue weighted by molar-refractivity contribution is 9.10. The molecule has 0 amide bonds. The summed E-state index contributed by atoms with van der Waals surface area (Å²) in [6.07, 6.45) is 3.96. The van der Waals surface area contributed by atoms with Gasteiger partial charge in [-0.2, -0.15) is 0 Å². The topological polar surface area (TPSA) is 27.8 Å². The Balaban J connectivity index is 1.93. The first-order valence-corrected chi connectivity index (χ1v) is 6.15.